The van der Waals surface area contributed by atoms with E-state index in [1.165, 1.54) is 13.0 Å². The van der Waals surface area contributed by atoms with E-state index in [4.69, 9.17) is 4.42 Å². The quantitative estimate of drug-likeness (QED) is 0.879. The largest absolute Gasteiger partial charge is 0.463 e. The van der Waals surface area contributed by atoms with Gasteiger partial charge in [0.15, 0.2) is 0 Å². The van der Waals surface area contributed by atoms with Crippen molar-refractivity contribution in [3.8, 4) is 0 Å². The molecule has 7 heteroatoms. The highest BCUT2D eigenvalue weighted by Crippen LogP contribution is 2.42. The fourth-order valence-electron chi connectivity index (χ4n) is 1.69. The second kappa shape index (κ2) is 6.09. The Bertz CT molecular complexity index is 496. The molecule has 0 saturated heterocycles. The van der Waals surface area contributed by atoms with Crippen molar-refractivity contribution >= 4 is 5.91 Å². The smallest absolute Gasteiger partial charge is 0.425 e. The van der Waals surface area contributed by atoms with E-state index in [1.807, 2.05) is 13.8 Å². The predicted octanol–water partition coefficient (Wildman–Crippen LogP) is 2.89. The van der Waals surface area contributed by atoms with Crippen LogP contribution in [0.3, 0.4) is 0 Å². The van der Waals surface area contributed by atoms with Crippen LogP contribution in [0, 0.1) is 12.8 Å². The summed E-state index contributed by atoms with van der Waals surface area (Å²) in [6.45, 7) is 6.81. The maximum atomic E-state index is 13.2. The van der Waals surface area contributed by atoms with Gasteiger partial charge in [0, 0.05) is 6.04 Å². The minimum Gasteiger partial charge on any atom is -0.463 e. The molecule has 0 fully saturated rings. The van der Waals surface area contributed by atoms with Gasteiger partial charge in [0.2, 0.25) is 11.5 Å². The number of hydrogen-bond acceptors (Lipinski definition) is 3. The lowest BCUT2D eigenvalue weighted by Gasteiger charge is -2.29. The normalized spacial score (nSPS) is 16.6. The molecule has 0 aliphatic carbocycles. The first-order chi connectivity index (χ1) is 9.47. The van der Waals surface area contributed by atoms with E-state index in [-0.39, 0.29) is 17.7 Å². The highest BCUT2D eigenvalue weighted by atomic mass is 19.4. The third-order valence-corrected chi connectivity index (χ3v) is 3.42. The Morgan fingerprint density at radius 1 is 1.33 bits per heavy atom. The van der Waals surface area contributed by atoms with E-state index in [0.717, 1.165) is 6.07 Å². The van der Waals surface area contributed by atoms with Crippen LogP contribution in [0.4, 0.5) is 13.2 Å². The first-order valence-corrected chi connectivity index (χ1v) is 6.62. The van der Waals surface area contributed by atoms with Crippen molar-refractivity contribution < 1.29 is 27.5 Å². The third kappa shape index (κ3) is 4.00. The Balaban J connectivity index is 2.98. The number of carbonyl (C=O) groups excluding carboxylic acids is 1. The Morgan fingerprint density at radius 2 is 1.90 bits per heavy atom. The van der Waals surface area contributed by atoms with E-state index >= 15 is 0 Å². The maximum Gasteiger partial charge on any atom is 0.425 e. The van der Waals surface area contributed by atoms with Crippen molar-refractivity contribution in [3.63, 3.8) is 0 Å². The van der Waals surface area contributed by atoms with Gasteiger partial charge in [-0.15, -0.1) is 0 Å². The summed E-state index contributed by atoms with van der Waals surface area (Å²) >= 11 is 0. The fraction of sp³-hybridized carbons (Fsp3) is 0.643. The summed E-state index contributed by atoms with van der Waals surface area (Å²) in [6, 6.07) is 2.04. The van der Waals surface area contributed by atoms with Crippen LogP contribution in [0.1, 0.15) is 38.7 Å². The molecule has 2 atom stereocenters. The second-order valence-electron chi connectivity index (χ2n) is 5.55. The van der Waals surface area contributed by atoms with Gasteiger partial charge in [-0.05, 0) is 31.9 Å². The molecule has 0 saturated carbocycles. The van der Waals surface area contributed by atoms with Gasteiger partial charge < -0.3 is 14.8 Å². The van der Waals surface area contributed by atoms with Gasteiger partial charge in [-0.2, -0.15) is 13.2 Å². The maximum absolute atomic E-state index is 13.2. The number of alkyl halides is 3. The van der Waals surface area contributed by atoms with E-state index in [1.54, 1.807) is 6.92 Å². The molecule has 21 heavy (non-hydrogen) atoms. The van der Waals surface area contributed by atoms with Crippen molar-refractivity contribution in [2.24, 2.45) is 5.92 Å². The van der Waals surface area contributed by atoms with E-state index in [9.17, 15) is 23.1 Å². The lowest BCUT2D eigenvalue weighted by molar-refractivity contribution is -0.273. The molecule has 4 nitrogen and oxygen atoms in total. The molecule has 0 aliphatic heterocycles. The third-order valence-electron chi connectivity index (χ3n) is 3.42. The monoisotopic (exact) mass is 307 g/mol. The predicted molar refractivity (Wildman–Crippen MR) is 70.5 cm³/mol. The minimum absolute atomic E-state index is 0.0683. The minimum atomic E-state index is -5.02. The molecule has 1 rings (SSSR count). The van der Waals surface area contributed by atoms with Crippen LogP contribution in [0.5, 0.6) is 0 Å². The van der Waals surface area contributed by atoms with Crippen LogP contribution in [0.15, 0.2) is 16.5 Å². The molecule has 0 bridgehead atoms. The lowest BCUT2D eigenvalue weighted by Crippen LogP contribution is -2.47. The molecule has 0 aromatic carbocycles. The van der Waals surface area contributed by atoms with Crippen LogP contribution >= 0.6 is 0 Å². The van der Waals surface area contributed by atoms with Gasteiger partial charge in [-0.1, -0.05) is 13.8 Å². The van der Waals surface area contributed by atoms with E-state index in [0.29, 0.717) is 0 Å². The van der Waals surface area contributed by atoms with E-state index < -0.39 is 29.9 Å². The van der Waals surface area contributed by atoms with Crippen molar-refractivity contribution in [1.82, 2.24) is 5.32 Å². The summed E-state index contributed by atoms with van der Waals surface area (Å²) in [5, 5.41) is 12.4. The van der Waals surface area contributed by atoms with Crippen molar-refractivity contribution in [1.29, 1.82) is 0 Å². The Labute approximate surface area is 121 Å². The fourth-order valence-corrected chi connectivity index (χ4v) is 1.69. The number of aliphatic hydroxyl groups is 1. The molecule has 2 unspecified atom stereocenters. The zero-order valence-corrected chi connectivity index (χ0v) is 12.4. The highest BCUT2D eigenvalue weighted by molar-refractivity contribution is 5.77. The summed E-state index contributed by atoms with van der Waals surface area (Å²) in [7, 11) is 0. The summed E-state index contributed by atoms with van der Waals surface area (Å²) in [5.41, 5.74) is -3.33. The van der Waals surface area contributed by atoms with Gasteiger partial charge in [-0.25, -0.2) is 0 Å². The highest BCUT2D eigenvalue weighted by Gasteiger charge is 2.58. The first-order valence-electron chi connectivity index (χ1n) is 6.62. The summed E-state index contributed by atoms with van der Waals surface area (Å²) in [5.74, 6) is -1.27. The zero-order chi connectivity index (χ0) is 16.4. The molecule has 0 spiro atoms. The Kier molecular flexibility index (Phi) is 5.09. The number of hydrogen-bond donors (Lipinski definition) is 2. The van der Waals surface area contributed by atoms with Crippen LogP contribution in [0.2, 0.25) is 0 Å². The number of carbonyl (C=O) groups is 1. The van der Waals surface area contributed by atoms with Gasteiger partial charge in [0.1, 0.15) is 11.5 Å². The zero-order valence-electron chi connectivity index (χ0n) is 12.4. The molecule has 1 aromatic heterocycles. The average molecular weight is 307 g/mol. The Morgan fingerprint density at radius 3 is 2.29 bits per heavy atom. The SMILES string of the molecule is Cc1ccc(C(O)(CC(=O)NC(C)C(C)C)C(F)(F)F)o1. The van der Waals surface area contributed by atoms with Crippen molar-refractivity contribution in [3.05, 3.63) is 23.7 Å². The van der Waals surface area contributed by atoms with Crippen LogP contribution in [0.25, 0.3) is 0 Å². The van der Waals surface area contributed by atoms with E-state index in [2.05, 4.69) is 5.32 Å². The number of amides is 1. The molecule has 0 radical (unpaired) electrons. The molecule has 1 heterocycles. The molecule has 1 aromatic rings. The molecule has 2 N–H and O–H groups in total. The van der Waals surface area contributed by atoms with Crippen LogP contribution in [-0.4, -0.2) is 23.2 Å². The van der Waals surface area contributed by atoms with Crippen molar-refractivity contribution in [2.75, 3.05) is 0 Å². The van der Waals surface area contributed by atoms with Gasteiger partial charge in [0.05, 0.1) is 6.42 Å². The Hall–Kier alpha value is -1.50. The average Bonchev–Trinajstić information content (AvgIpc) is 2.74. The molecule has 0 aliphatic rings. The van der Waals surface area contributed by atoms with Crippen LogP contribution < -0.4 is 5.32 Å². The topological polar surface area (TPSA) is 62.5 Å². The lowest BCUT2D eigenvalue weighted by atomic mass is 9.94. The summed E-state index contributed by atoms with van der Waals surface area (Å²) < 4.78 is 44.4. The van der Waals surface area contributed by atoms with Crippen LogP contribution in [-0.2, 0) is 10.4 Å². The summed E-state index contributed by atoms with van der Waals surface area (Å²) in [6.07, 6.45) is -6.16. The number of nitrogens with one attached hydrogen (secondary N) is 1. The molecule has 1 amide bonds. The van der Waals surface area contributed by atoms with Gasteiger partial charge in [-0.3, -0.25) is 4.79 Å². The number of aryl methyl sites for hydroxylation is 1. The van der Waals surface area contributed by atoms with Gasteiger partial charge in [0.25, 0.3) is 0 Å². The van der Waals surface area contributed by atoms with Crippen molar-refractivity contribution in [2.45, 2.75) is 51.9 Å². The summed E-state index contributed by atoms with van der Waals surface area (Å²) in [4.78, 5) is 11.8. The molecule has 120 valence electrons. The number of furan rings is 1. The molecular formula is C14H20F3NO3. The number of rotatable bonds is 5. The second-order valence-corrected chi connectivity index (χ2v) is 5.55. The number of halogens is 3. The first kappa shape index (κ1) is 17.6. The molecular weight excluding hydrogens is 287 g/mol. The van der Waals surface area contributed by atoms with Gasteiger partial charge >= 0.3 is 6.18 Å². The standard InChI is InChI=1S/C14H20F3NO3/c1-8(2)10(4)18-12(19)7-13(20,14(15,16)17)11-6-5-9(3)21-11/h5-6,8,10,20H,7H2,1-4H3,(H,18,19).